The number of ether oxygens (including phenoxy) is 2. The number of hydrogen-bond acceptors (Lipinski definition) is 9. The van der Waals surface area contributed by atoms with E-state index < -0.39 is 33.1 Å². The Bertz CT molecular complexity index is 1520. The minimum Gasteiger partial charge on any atom is -0.492 e. The predicted molar refractivity (Wildman–Crippen MR) is 153 cm³/mol. The Morgan fingerprint density at radius 1 is 1.02 bits per heavy atom. The minimum atomic E-state index is -3.76. The SMILES string of the molecule is CC(C)Oc1cc(-c2ccc(OCCN(C[C@@H](O)c3ccc([N+](=O)[O-])cc3)C(=O)O)cc2)ccc1C(=O)NS(C)(=O)=O. The van der Waals surface area contributed by atoms with E-state index in [0.717, 1.165) is 16.7 Å². The van der Waals surface area contributed by atoms with Gasteiger partial charge >= 0.3 is 6.09 Å². The summed E-state index contributed by atoms with van der Waals surface area (Å²) in [6.45, 7) is 3.25. The Kier molecular flexibility index (Phi) is 10.4. The number of benzene rings is 3. The maximum Gasteiger partial charge on any atom is 0.407 e. The molecular weight excluding hydrogens is 570 g/mol. The Balaban J connectivity index is 1.64. The van der Waals surface area contributed by atoms with Crippen LogP contribution >= 0.6 is 0 Å². The van der Waals surface area contributed by atoms with Crippen LogP contribution in [0.2, 0.25) is 0 Å². The summed E-state index contributed by atoms with van der Waals surface area (Å²) < 4.78 is 36.4. The largest absolute Gasteiger partial charge is 0.492 e. The van der Waals surface area contributed by atoms with Crippen molar-refractivity contribution in [1.82, 2.24) is 9.62 Å². The second kappa shape index (κ2) is 13.8. The lowest BCUT2D eigenvalue weighted by Gasteiger charge is -2.22. The van der Waals surface area contributed by atoms with Gasteiger partial charge in [-0.25, -0.2) is 17.9 Å². The molecule has 3 aromatic carbocycles. The van der Waals surface area contributed by atoms with Gasteiger partial charge in [0.15, 0.2) is 0 Å². The second-order valence-corrected chi connectivity index (χ2v) is 11.3. The maximum absolute atomic E-state index is 12.4. The van der Waals surface area contributed by atoms with Gasteiger partial charge < -0.3 is 24.6 Å². The maximum atomic E-state index is 12.4. The van der Waals surface area contributed by atoms with Crippen molar-refractivity contribution in [1.29, 1.82) is 0 Å². The van der Waals surface area contributed by atoms with Crippen LogP contribution in [0.5, 0.6) is 11.5 Å². The monoisotopic (exact) mass is 601 g/mol. The molecule has 3 N–H and O–H groups in total. The number of nitrogens with zero attached hydrogens (tertiary/aromatic N) is 2. The van der Waals surface area contributed by atoms with E-state index in [4.69, 9.17) is 9.47 Å². The van der Waals surface area contributed by atoms with E-state index in [1.54, 1.807) is 50.2 Å². The molecule has 2 amide bonds. The molecule has 3 aromatic rings. The number of carboxylic acid groups (broad SMARTS) is 1. The molecule has 224 valence electrons. The lowest BCUT2D eigenvalue weighted by atomic mass is 10.0. The summed E-state index contributed by atoms with van der Waals surface area (Å²) in [5, 5.41) is 30.8. The van der Waals surface area contributed by atoms with Crippen molar-refractivity contribution < 1.29 is 42.6 Å². The molecule has 0 fully saturated rings. The van der Waals surface area contributed by atoms with Crippen LogP contribution < -0.4 is 14.2 Å². The number of sulfonamides is 1. The Hall–Kier alpha value is -4.69. The summed E-state index contributed by atoms with van der Waals surface area (Å²) in [6.07, 6.45) is -1.84. The first-order chi connectivity index (χ1) is 19.7. The first kappa shape index (κ1) is 31.8. The van der Waals surface area contributed by atoms with Gasteiger partial charge in [-0.05, 0) is 66.9 Å². The normalized spacial score (nSPS) is 11.9. The fraction of sp³-hybridized carbons (Fsp3) is 0.286. The Labute approximate surface area is 242 Å². The molecule has 0 aliphatic rings. The van der Waals surface area contributed by atoms with Crippen LogP contribution in [0, 0.1) is 10.1 Å². The van der Waals surface area contributed by atoms with Gasteiger partial charge in [-0.3, -0.25) is 14.9 Å². The van der Waals surface area contributed by atoms with E-state index in [9.17, 15) is 38.3 Å². The number of nitro benzene ring substituents is 1. The molecule has 0 aromatic heterocycles. The highest BCUT2D eigenvalue weighted by Crippen LogP contribution is 2.30. The van der Waals surface area contributed by atoms with Gasteiger partial charge in [-0.1, -0.05) is 18.2 Å². The number of carbonyl (C=O) groups is 2. The summed E-state index contributed by atoms with van der Waals surface area (Å²) in [6, 6.07) is 16.9. The number of rotatable bonds is 13. The van der Waals surface area contributed by atoms with Crippen molar-refractivity contribution in [2.75, 3.05) is 26.0 Å². The number of non-ortho nitro benzene ring substituents is 1. The number of nitrogens with one attached hydrogen (secondary N) is 1. The molecule has 0 saturated heterocycles. The number of aliphatic hydroxyl groups is 1. The number of carbonyl (C=O) groups excluding carboxylic acids is 1. The van der Waals surface area contributed by atoms with Crippen LogP contribution in [0.25, 0.3) is 11.1 Å². The number of amides is 2. The van der Waals surface area contributed by atoms with Crippen molar-refractivity contribution in [3.8, 4) is 22.6 Å². The van der Waals surface area contributed by atoms with Crippen molar-refractivity contribution >= 4 is 27.7 Å². The van der Waals surface area contributed by atoms with Crippen molar-refractivity contribution in [3.05, 3.63) is 88.0 Å². The smallest absolute Gasteiger partial charge is 0.407 e. The lowest BCUT2D eigenvalue weighted by molar-refractivity contribution is -0.384. The molecule has 3 rings (SSSR count). The van der Waals surface area contributed by atoms with Gasteiger partial charge in [-0.15, -0.1) is 0 Å². The van der Waals surface area contributed by atoms with Gasteiger partial charge in [-0.2, -0.15) is 0 Å². The first-order valence-corrected chi connectivity index (χ1v) is 14.6. The van der Waals surface area contributed by atoms with E-state index in [0.29, 0.717) is 16.9 Å². The van der Waals surface area contributed by atoms with Crippen LogP contribution in [0.1, 0.15) is 35.9 Å². The van der Waals surface area contributed by atoms with Gasteiger partial charge in [0.05, 0.1) is 42.0 Å². The molecule has 1 atom stereocenters. The van der Waals surface area contributed by atoms with Gasteiger partial charge in [0, 0.05) is 12.1 Å². The van der Waals surface area contributed by atoms with Crippen LogP contribution in [-0.2, 0) is 10.0 Å². The van der Waals surface area contributed by atoms with Crippen molar-refractivity contribution in [2.45, 2.75) is 26.1 Å². The molecule has 0 unspecified atom stereocenters. The van der Waals surface area contributed by atoms with Crippen LogP contribution in [0.3, 0.4) is 0 Å². The summed E-state index contributed by atoms with van der Waals surface area (Å²) in [5.74, 6) is -0.129. The topological polar surface area (TPSA) is 186 Å². The summed E-state index contributed by atoms with van der Waals surface area (Å²) in [5.41, 5.74) is 1.72. The Morgan fingerprint density at radius 2 is 1.64 bits per heavy atom. The van der Waals surface area contributed by atoms with E-state index in [1.165, 1.54) is 30.3 Å². The molecule has 0 aliphatic heterocycles. The minimum absolute atomic E-state index is 0.00481. The van der Waals surface area contributed by atoms with Crippen molar-refractivity contribution in [2.24, 2.45) is 0 Å². The number of aliphatic hydroxyl groups excluding tert-OH is 1. The zero-order chi connectivity index (χ0) is 31.0. The molecule has 0 bridgehead atoms. The number of nitro groups is 1. The van der Waals surface area contributed by atoms with E-state index in [2.05, 4.69) is 0 Å². The van der Waals surface area contributed by atoms with E-state index in [1.807, 2.05) is 4.72 Å². The molecule has 0 heterocycles. The van der Waals surface area contributed by atoms with Gasteiger partial charge in [0.2, 0.25) is 10.0 Å². The van der Waals surface area contributed by atoms with E-state index >= 15 is 0 Å². The standard InChI is InChI=1S/C28H31N3O10S/c1-18(2)41-26-16-21(8-13-24(26)27(33)29-42(3,38)39)19-6-11-23(12-7-19)40-15-14-30(28(34)35)17-25(32)20-4-9-22(10-5-20)31(36)37/h4-13,16,18,25,32H,14-15,17H2,1-3H3,(H,29,33)(H,34,35)/t25-/m1/s1. The molecule has 14 heteroatoms. The third-order valence-corrected chi connectivity index (χ3v) is 6.39. The van der Waals surface area contributed by atoms with Gasteiger partial charge in [0.25, 0.3) is 11.6 Å². The summed E-state index contributed by atoms with van der Waals surface area (Å²) in [7, 11) is -3.76. The molecule has 0 spiro atoms. The second-order valence-electron chi connectivity index (χ2n) is 9.55. The summed E-state index contributed by atoms with van der Waals surface area (Å²) in [4.78, 5) is 35.4. The highest BCUT2D eigenvalue weighted by Gasteiger charge is 2.20. The average molecular weight is 602 g/mol. The first-order valence-electron chi connectivity index (χ1n) is 12.7. The third kappa shape index (κ3) is 9.17. The number of hydrogen-bond donors (Lipinski definition) is 3. The predicted octanol–water partition coefficient (Wildman–Crippen LogP) is 3.83. The third-order valence-electron chi connectivity index (χ3n) is 5.84. The van der Waals surface area contributed by atoms with Crippen LogP contribution in [0.4, 0.5) is 10.5 Å². The lowest BCUT2D eigenvalue weighted by Crippen LogP contribution is -2.36. The Morgan fingerprint density at radius 3 is 2.19 bits per heavy atom. The fourth-order valence-corrected chi connectivity index (χ4v) is 4.33. The zero-order valence-corrected chi connectivity index (χ0v) is 23.9. The fourth-order valence-electron chi connectivity index (χ4n) is 3.88. The quantitative estimate of drug-likeness (QED) is 0.192. The summed E-state index contributed by atoms with van der Waals surface area (Å²) >= 11 is 0. The molecular formula is C28H31N3O10S. The average Bonchev–Trinajstić information content (AvgIpc) is 2.91. The van der Waals surface area contributed by atoms with Gasteiger partial charge in [0.1, 0.15) is 18.1 Å². The highest BCUT2D eigenvalue weighted by molar-refractivity contribution is 7.89. The van der Waals surface area contributed by atoms with Crippen LogP contribution in [0.15, 0.2) is 66.7 Å². The molecule has 13 nitrogen and oxygen atoms in total. The zero-order valence-electron chi connectivity index (χ0n) is 23.1. The highest BCUT2D eigenvalue weighted by atomic mass is 32.2. The van der Waals surface area contributed by atoms with Crippen molar-refractivity contribution in [3.63, 3.8) is 0 Å². The molecule has 0 aliphatic carbocycles. The van der Waals surface area contributed by atoms with E-state index in [-0.39, 0.29) is 42.8 Å². The molecule has 0 saturated carbocycles. The molecule has 42 heavy (non-hydrogen) atoms. The molecule has 0 radical (unpaired) electrons. The van der Waals surface area contributed by atoms with Crippen LogP contribution in [-0.4, -0.2) is 72.5 Å².